The van der Waals surface area contributed by atoms with Gasteiger partial charge < -0.3 is 9.47 Å². The first-order valence-corrected chi connectivity index (χ1v) is 5.37. The monoisotopic (exact) mass is 202 g/mol. The van der Waals surface area contributed by atoms with Crippen molar-refractivity contribution in [2.75, 3.05) is 6.61 Å². The second kappa shape index (κ2) is 6.68. The third-order valence-corrected chi connectivity index (χ3v) is 2.00. The van der Waals surface area contributed by atoms with Crippen molar-refractivity contribution in [2.24, 2.45) is 0 Å². The van der Waals surface area contributed by atoms with E-state index >= 15 is 0 Å². The molecule has 0 unspecified atom stereocenters. The molecule has 0 aliphatic rings. The molecule has 0 aliphatic carbocycles. The normalized spacial score (nSPS) is 11.1. The van der Waals surface area contributed by atoms with Crippen molar-refractivity contribution in [2.45, 2.75) is 59.0 Å². The molecule has 0 saturated heterocycles. The standard InChI is InChI=1S/C11H22O3/c1-5-7-8-9-11(3,4)14-10(12)13-6-2/h5-9H2,1-4H3. The molecule has 0 amide bonds. The largest absolute Gasteiger partial charge is 0.508 e. The zero-order chi connectivity index (χ0) is 11.0. The van der Waals surface area contributed by atoms with Crippen molar-refractivity contribution in [3.05, 3.63) is 0 Å². The average molecular weight is 202 g/mol. The summed E-state index contributed by atoms with van der Waals surface area (Å²) >= 11 is 0. The fourth-order valence-corrected chi connectivity index (χ4v) is 1.22. The van der Waals surface area contributed by atoms with Crippen molar-refractivity contribution in [1.29, 1.82) is 0 Å². The molecule has 0 aromatic heterocycles. The van der Waals surface area contributed by atoms with Gasteiger partial charge in [-0.15, -0.1) is 0 Å². The Hall–Kier alpha value is -0.730. The highest BCUT2D eigenvalue weighted by molar-refractivity contribution is 5.60. The topological polar surface area (TPSA) is 35.5 Å². The van der Waals surface area contributed by atoms with Gasteiger partial charge in [0, 0.05) is 0 Å². The van der Waals surface area contributed by atoms with Crippen molar-refractivity contribution < 1.29 is 14.3 Å². The molecule has 84 valence electrons. The quantitative estimate of drug-likeness (QED) is 0.488. The van der Waals surface area contributed by atoms with Crippen molar-refractivity contribution in [3.8, 4) is 0 Å². The van der Waals surface area contributed by atoms with Crippen molar-refractivity contribution in [3.63, 3.8) is 0 Å². The highest BCUT2D eigenvalue weighted by Crippen LogP contribution is 2.19. The maximum Gasteiger partial charge on any atom is 0.508 e. The van der Waals surface area contributed by atoms with Crippen LogP contribution in [0.1, 0.15) is 53.4 Å². The minimum Gasteiger partial charge on any atom is -0.435 e. The summed E-state index contributed by atoms with van der Waals surface area (Å²) < 4.78 is 9.89. The van der Waals surface area contributed by atoms with Gasteiger partial charge in [0.1, 0.15) is 5.60 Å². The predicted octanol–water partition coefficient (Wildman–Crippen LogP) is 3.52. The van der Waals surface area contributed by atoms with Crippen LogP contribution in [0.25, 0.3) is 0 Å². The van der Waals surface area contributed by atoms with Crippen LogP contribution in [0.4, 0.5) is 4.79 Å². The van der Waals surface area contributed by atoms with Crippen molar-refractivity contribution in [1.82, 2.24) is 0 Å². The van der Waals surface area contributed by atoms with Crippen LogP contribution < -0.4 is 0 Å². The third-order valence-electron chi connectivity index (χ3n) is 2.00. The number of ether oxygens (including phenoxy) is 2. The highest BCUT2D eigenvalue weighted by atomic mass is 16.7. The first kappa shape index (κ1) is 13.3. The Balaban J connectivity index is 3.75. The minimum atomic E-state index is -0.561. The minimum absolute atomic E-state index is 0.365. The van der Waals surface area contributed by atoms with E-state index in [4.69, 9.17) is 9.47 Å². The lowest BCUT2D eigenvalue weighted by molar-refractivity contribution is -0.0194. The van der Waals surface area contributed by atoms with Crippen LogP contribution in [0.15, 0.2) is 0 Å². The number of unbranched alkanes of at least 4 members (excludes halogenated alkanes) is 2. The van der Waals surface area contributed by atoms with Gasteiger partial charge in [-0.2, -0.15) is 0 Å². The number of hydrogen-bond donors (Lipinski definition) is 0. The summed E-state index contributed by atoms with van der Waals surface area (Å²) in [7, 11) is 0. The van der Waals surface area contributed by atoms with Gasteiger partial charge >= 0.3 is 6.16 Å². The van der Waals surface area contributed by atoms with Gasteiger partial charge in [0.2, 0.25) is 0 Å². The summed E-state index contributed by atoms with van der Waals surface area (Å²) in [6.07, 6.45) is 3.77. The van der Waals surface area contributed by atoms with Crippen LogP contribution >= 0.6 is 0 Å². The van der Waals surface area contributed by atoms with Gasteiger partial charge in [-0.1, -0.05) is 19.8 Å². The fraction of sp³-hybridized carbons (Fsp3) is 0.909. The summed E-state index contributed by atoms with van der Waals surface area (Å²) in [5, 5.41) is 0. The Morgan fingerprint density at radius 3 is 2.36 bits per heavy atom. The number of carbonyl (C=O) groups is 1. The van der Waals surface area contributed by atoms with Crippen molar-refractivity contribution >= 4 is 6.16 Å². The van der Waals surface area contributed by atoms with Gasteiger partial charge in [-0.3, -0.25) is 0 Å². The average Bonchev–Trinajstić information content (AvgIpc) is 2.03. The molecule has 0 fully saturated rings. The molecule has 0 radical (unpaired) electrons. The molecule has 0 aromatic rings. The van der Waals surface area contributed by atoms with Gasteiger partial charge in [-0.05, 0) is 33.6 Å². The Morgan fingerprint density at radius 2 is 1.86 bits per heavy atom. The van der Waals surface area contributed by atoms with Gasteiger partial charge in [-0.25, -0.2) is 4.79 Å². The lowest BCUT2D eigenvalue weighted by Crippen LogP contribution is -2.28. The molecule has 0 bridgehead atoms. The first-order chi connectivity index (χ1) is 6.52. The van der Waals surface area contributed by atoms with E-state index in [0.29, 0.717) is 6.61 Å². The molecule has 0 rings (SSSR count). The Morgan fingerprint density at radius 1 is 1.21 bits per heavy atom. The molecule has 0 N–H and O–H groups in total. The summed E-state index contributed by atoms with van der Waals surface area (Å²) in [5.41, 5.74) is -0.401. The lowest BCUT2D eigenvalue weighted by atomic mass is 10.0. The second-order valence-corrected chi connectivity index (χ2v) is 4.00. The SMILES string of the molecule is CCCCCC(C)(C)OC(=O)OCC. The molecule has 3 nitrogen and oxygen atoms in total. The van der Waals surface area contributed by atoms with E-state index in [9.17, 15) is 4.79 Å². The second-order valence-electron chi connectivity index (χ2n) is 4.00. The number of rotatable bonds is 6. The Kier molecular flexibility index (Phi) is 6.34. The van der Waals surface area contributed by atoms with E-state index in [1.54, 1.807) is 6.92 Å². The number of hydrogen-bond acceptors (Lipinski definition) is 3. The third kappa shape index (κ3) is 6.75. The van der Waals surface area contributed by atoms with E-state index in [1.807, 2.05) is 13.8 Å². The maximum absolute atomic E-state index is 11.0. The Labute approximate surface area is 86.8 Å². The maximum atomic E-state index is 11.0. The summed E-state index contributed by atoms with van der Waals surface area (Å²) in [6.45, 7) is 8.12. The smallest absolute Gasteiger partial charge is 0.435 e. The summed E-state index contributed by atoms with van der Waals surface area (Å²) in [6, 6.07) is 0. The zero-order valence-corrected chi connectivity index (χ0v) is 9.76. The van der Waals surface area contributed by atoms with Crippen LogP contribution in [0.2, 0.25) is 0 Å². The molecule has 0 heterocycles. The van der Waals surface area contributed by atoms with E-state index in [-0.39, 0.29) is 0 Å². The molecular formula is C11H22O3. The molecule has 0 spiro atoms. The molecule has 0 aromatic carbocycles. The van der Waals surface area contributed by atoms with Gasteiger partial charge in [0.05, 0.1) is 6.61 Å². The number of carbonyl (C=O) groups excluding carboxylic acids is 1. The van der Waals surface area contributed by atoms with Crippen LogP contribution in [-0.2, 0) is 9.47 Å². The lowest BCUT2D eigenvalue weighted by Gasteiger charge is -2.24. The predicted molar refractivity (Wildman–Crippen MR) is 56.3 cm³/mol. The van der Waals surface area contributed by atoms with Gasteiger partial charge in [0.15, 0.2) is 0 Å². The van der Waals surface area contributed by atoms with Crippen LogP contribution in [0.3, 0.4) is 0 Å². The molecule has 0 atom stereocenters. The van der Waals surface area contributed by atoms with E-state index < -0.39 is 11.8 Å². The van der Waals surface area contributed by atoms with Crippen LogP contribution in [0, 0.1) is 0 Å². The molecule has 0 saturated carbocycles. The summed E-state index contributed by atoms with van der Waals surface area (Å²) in [4.78, 5) is 11.0. The zero-order valence-electron chi connectivity index (χ0n) is 9.76. The van der Waals surface area contributed by atoms with E-state index in [1.165, 1.54) is 12.8 Å². The van der Waals surface area contributed by atoms with E-state index in [0.717, 1.165) is 12.8 Å². The summed E-state index contributed by atoms with van der Waals surface area (Å²) in [5.74, 6) is 0. The molecule has 14 heavy (non-hydrogen) atoms. The Bertz CT molecular complexity index is 164. The molecule has 0 aliphatic heterocycles. The van der Waals surface area contributed by atoms with Crippen LogP contribution in [-0.4, -0.2) is 18.4 Å². The fourth-order valence-electron chi connectivity index (χ4n) is 1.22. The molecule has 3 heteroatoms. The highest BCUT2D eigenvalue weighted by Gasteiger charge is 2.22. The molecular weight excluding hydrogens is 180 g/mol. The van der Waals surface area contributed by atoms with Crippen LogP contribution in [0.5, 0.6) is 0 Å². The van der Waals surface area contributed by atoms with Gasteiger partial charge in [0.25, 0.3) is 0 Å². The first-order valence-electron chi connectivity index (χ1n) is 5.37. The van der Waals surface area contributed by atoms with E-state index in [2.05, 4.69) is 6.92 Å².